The van der Waals surface area contributed by atoms with Crippen LogP contribution in [0.4, 0.5) is 17.3 Å². The van der Waals surface area contributed by atoms with Gasteiger partial charge in [-0.15, -0.1) is 0 Å². The lowest BCUT2D eigenvalue weighted by molar-refractivity contribution is -0.122. The smallest absolute Gasteiger partial charge is 0.264 e. The Hall–Kier alpha value is -3.79. The molecule has 0 radical (unpaired) electrons. The van der Waals surface area contributed by atoms with Gasteiger partial charge in [0.05, 0.1) is 10.8 Å². The molecule has 1 aromatic heterocycles. The Labute approximate surface area is 191 Å². The molecular formula is C23H23N5O4S. The van der Waals surface area contributed by atoms with Crippen molar-refractivity contribution < 1.29 is 18.0 Å². The van der Waals surface area contributed by atoms with Crippen LogP contribution in [0.15, 0.2) is 65.8 Å². The van der Waals surface area contributed by atoms with Crippen molar-refractivity contribution in [1.29, 1.82) is 0 Å². The predicted octanol–water partition coefficient (Wildman–Crippen LogP) is 2.89. The molecule has 0 spiro atoms. The fourth-order valence-corrected chi connectivity index (χ4v) is 4.58. The molecule has 0 bridgehead atoms. The minimum atomic E-state index is -3.87. The number of anilines is 3. The molecule has 170 valence electrons. The predicted molar refractivity (Wildman–Crippen MR) is 124 cm³/mol. The summed E-state index contributed by atoms with van der Waals surface area (Å²) in [6, 6.07) is 13.2. The third-order valence-corrected chi connectivity index (χ3v) is 6.72. The molecule has 2 amide bonds. The van der Waals surface area contributed by atoms with E-state index in [-0.39, 0.29) is 29.1 Å². The summed E-state index contributed by atoms with van der Waals surface area (Å²) >= 11 is 0. The summed E-state index contributed by atoms with van der Waals surface area (Å²) in [5.74, 6) is -0.922. The van der Waals surface area contributed by atoms with E-state index in [1.165, 1.54) is 36.7 Å². The first-order valence-electron chi connectivity index (χ1n) is 10.3. The van der Waals surface area contributed by atoms with Gasteiger partial charge in [-0.1, -0.05) is 12.1 Å². The molecule has 33 heavy (non-hydrogen) atoms. The normalized spacial score (nSPS) is 16.0. The Morgan fingerprint density at radius 3 is 2.45 bits per heavy atom. The number of nitrogens with one attached hydrogen (secondary N) is 2. The van der Waals surface area contributed by atoms with Crippen molar-refractivity contribution >= 4 is 39.2 Å². The van der Waals surface area contributed by atoms with Crippen LogP contribution in [0.5, 0.6) is 0 Å². The van der Waals surface area contributed by atoms with Crippen LogP contribution in [-0.2, 0) is 19.6 Å². The van der Waals surface area contributed by atoms with Gasteiger partial charge >= 0.3 is 0 Å². The monoisotopic (exact) mass is 465 g/mol. The summed E-state index contributed by atoms with van der Waals surface area (Å²) in [7, 11) is -3.87. The molecule has 1 fully saturated rings. The molecule has 10 heteroatoms. The molecule has 1 aliphatic heterocycles. The van der Waals surface area contributed by atoms with Gasteiger partial charge in [-0.25, -0.2) is 23.1 Å². The second-order valence-electron chi connectivity index (χ2n) is 7.89. The molecule has 3 aromatic rings. The summed E-state index contributed by atoms with van der Waals surface area (Å²) in [5, 5.41) is 2.77. The number of hydrogen-bond donors (Lipinski definition) is 2. The van der Waals surface area contributed by atoms with Crippen molar-refractivity contribution in [3.05, 3.63) is 72.1 Å². The zero-order valence-electron chi connectivity index (χ0n) is 18.1. The standard InChI is InChI=1S/C23H23N5O4S/c1-15-4-5-16(2)20(12-15)28-14-17(13-21(28)29)22(30)26-18-6-8-19(9-7-18)33(31,32)27-23-24-10-3-11-25-23/h3-12,17H,13-14H2,1-2H3,(H,26,30)(H,24,25,27). The van der Waals surface area contributed by atoms with Gasteiger partial charge in [0.25, 0.3) is 10.0 Å². The van der Waals surface area contributed by atoms with Crippen molar-refractivity contribution in [1.82, 2.24) is 9.97 Å². The molecule has 2 N–H and O–H groups in total. The topological polar surface area (TPSA) is 121 Å². The molecule has 1 unspecified atom stereocenters. The van der Waals surface area contributed by atoms with Crippen molar-refractivity contribution in [2.24, 2.45) is 5.92 Å². The molecule has 1 atom stereocenters. The molecular weight excluding hydrogens is 442 g/mol. The Balaban J connectivity index is 1.42. The van der Waals surface area contributed by atoms with Crippen molar-refractivity contribution in [2.45, 2.75) is 25.2 Å². The highest BCUT2D eigenvalue weighted by Gasteiger charge is 2.35. The average molecular weight is 466 g/mol. The molecule has 0 saturated carbocycles. The summed E-state index contributed by atoms with van der Waals surface area (Å²) in [6.07, 6.45) is 2.98. The molecule has 4 rings (SSSR count). The number of hydrogen-bond acceptors (Lipinski definition) is 6. The van der Waals surface area contributed by atoms with Gasteiger partial charge in [0.15, 0.2) is 0 Å². The van der Waals surface area contributed by atoms with E-state index in [1.54, 1.807) is 11.0 Å². The maximum absolute atomic E-state index is 12.8. The van der Waals surface area contributed by atoms with Crippen LogP contribution in [0.2, 0.25) is 0 Å². The minimum Gasteiger partial charge on any atom is -0.326 e. The molecule has 1 aliphatic rings. The van der Waals surface area contributed by atoms with E-state index in [0.717, 1.165) is 16.8 Å². The third kappa shape index (κ3) is 5.01. The van der Waals surface area contributed by atoms with Crippen LogP contribution in [0, 0.1) is 19.8 Å². The number of rotatable bonds is 6. The van der Waals surface area contributed by atoms with E-state index in [4.69, 9.17) is 0 Å². The van der Waals surface area contributed by atoms with Crippen molar-refractivity contribution in [3.8, 4) is 0 Å². The first-order valence-corrected chi connectivity index (χ1v) is 11.8. The number of carbonyl (C=O) groups excluding carboxylic acids is 2. The minimum absolute atomic E-state index is 0.00472. The Bertz CT molecular complexity index is 1290. The second-order valence-corrected chi connectivity index (χ2v) is 9.57. The fraction of sp³-hybridized carbons (Fsp3) is 0.217. The summed E-state index contributed by atoms with van der Waals surface area (Å²) in [4.78, 5) is 34.7. The van der Waals surface area contributed by atoms with Crippen molar-refractivity contribution in [2.75, 3.05) is 21.5 Å². The fourth-order valence-electron chi connectivity index (χ4n) is 3.62. The summed E-state index contributed by atoms with van der Waals surface area (Å²) in [5.41, 5.74) is 3.27. The number of carbonyl (C=O) groups is 2. The maximum Gasteiger partial charge on any atom is 0.264 e. The van der Waals surface area contributed by atoms with Crippen LogP contribution in [-0.4, -0.2) is 36.7 Å². The number of aryl methyl sites for hydroxylation is 2. The lowest BCUT2D eigenvalue weighted by atomic mass is 10.1. The zero-order chi connectivity index (χ0) is 23.6. The second kappa shape index (κ2) is 8.99. The average Bonchev–Trinajstić information content (AvgIpc) is 3.18. The number of nitrogens with zero attached hydrogens (tertiary/aromatic N) is 3. The van der Waals surface area contributed by atoms with Crippen LogP contribution in [0.3, 0.4) is 0 Å². The molecule has 9 nitrogen and oxygen atoms in total. The van der Waals surface area contributed by atoms with E-state index in [2.05, 4.69) is 20.0 Å². The van der Waals surface area contributed by atoms with Gasteiger partial charge in [-0.3, -0.25) is 9.59 Å². The van der Waals surface area contributed by atoms with Crippen molar-refractivity contribution in [3.63, 3.8) is 0 Å². The van der Waals surface area contributed by atoms with E-state index in [9.17, 15) is 18.0 Å². The number of amides is 2. The van der Waals surface area contributed by atoms with E-state index in [1.807, 2.05) is 32.0 Å². The number of benzene rings is 2. The van der Waals surface area contributed by atoms with Crippen LogP contribution >= 0.6 is 0 Å². The van der Waals surface area contributed by atoms with Gasteiger partial charge in [0, 0.05) is 36.7 Å². The van der Waals surface area contributed by atoms with E-state index in [0.29, 0.717) is 12.2 Å². The van der Waals surface area contributed by atoms with Crippen LogP contribution in [0.25, 0.3) is 0 Å². The largest absolute Gasteiger partial charge is 0.326 e. The third-order valence-electron chi connectivity index (χ3n) is 5.37. The maximum atomic E-state index is 12.8. The molecule has 1 saturated heterocycles. The zero-order valence-corrected chi connectivity index (χ0v) is 19.0. The van der Waals surface area contributed by atoms with Gasteiger partial charge < -0.3 is 10.2 Å². The number of sulfonamides is 1. The summed E-state index contributed by atoms with van der Waals surface area (Å²) in [6.45, 7) is 4.19. The quantitative estimate of drug-likeness (QED) is 0.577. The molecule has 2 aromatic carbocycles. The Morgan fingerprint density at radius 2 is 1.76 bits per heavy atom. The van der Waals surface area contributed by atoms with Gasteiger partial charge in [0.1, 0.15) is 0 Å². The highest BCUT2D eigenvalue weighted by atomic mass is 32.2. The van der Waals surface area contributed by atoms with Gasteiger partial charge in [-0.2, -0.15) is 0 Å². The lowest BCUT2D eigenvalue weighted by Crippen LogP contribution is -2.28. The Morgan fingerprint density at radius 1 is 1.06 bits per heavy atom. The first-order chi connectivity index (χ1) is 15.7. The highest BCUT2D eigenvalue weighted by molar-refractivity contribution is 7.92. The van der Waals surface area contributed by atoms with E-state index < -0.39 is 15.9 Å². The van der Waals surface area contributed by atoms with Gasteiger partial charge in [-0.05, 0) is 61.4 Å². The molecule has 2 heterocycles. The lowest BCUT2D eigenvalue weighted by Gasteiger charge is -2.19. The Kier molecular flexibility index (Phi) is 6.10. The summed E-state index contributed by atoms with van der Waals surface area (Å²) < 4.78 is 27.3. The molecule has 0 aliphatic carbocycles. The highest BCUT2D eigenvalue weighted by Crippen LogP contribution is 2.29. The van der Waals surface area contributed by atoms with Crippen LogP contribution in [0.1, 0.15) is 17.5 Å². The van der Waals surface area contributed by atoms with Gasteiger partial charge in [0.2, 0.25) is 17.8 Å². The first kappa shape index (κ1) is 22.4. The van der Waals surface area contributed by atoms with Crippen LogP contribution < -0.4 is 14.9 Å². The SMILES string of the molecule is Cc1ccc(C)c(N2CC(C(=O)Nc3ccc(S(=O)(=O)Nc4ncccn4)cc3)CC2=O)c1. The van der Waals surface area contributed by atoms with E-state index >= 15 is 0 Å². The number of aromatic nitrogens is 2.